The van der Waals surface area contributed by atoms with Crippen LogP contribution in [0.5, 0.6) is 0 Å². The minimum absolute atomic E-state index is 0.170. The summed E-state index contributed by atoms with van der Waals surface area (Å²) in [6.45, 7) is 6.17. The lowest BCUT2D eigenvalue weighted by Gasteiger charge is -2.27. The summed E-state index contributed by atoms with van der Waals surface area (Å²) in [7, 11) is 0. The van der Waals surface area contributed by atoms with Gasteiger partial charge in [0.15, 0.2) is 5.78 Å². The summed E-state index contributed by atoms with van der Waals surface area (Å²) < 4.78 is 0. The van der Waals surface area contributed by atoms with Crippen molar-refractivity contribution in [2.75, 3.05) is 0 Å². The lowest BCUT2D eigenvalue weighted by Crippen LogP contribution is -2.11. The Morgan fingerprint density at radius 3 is 2.33 bits per heavy atom. The SMILES string of the molecule is CC(=O)c1ccc2c(c1)C(C)CCC2C. The Kier molecular flexibility index (Phi) is 2.64. The van der Waals surface area contributed by atoms with Crippen molar-refractivity contribution < 1.29 is 4.79 Å². The van der Waals surface area contributed by atoms with E-state index >= 15 is 0 Å². The lowest BCUT2D eigenvalue weighted by atomic mass is 9.77. The first-order valence-electron chi connectivity index (χ1n) is 5.74. The van der Waals surface area contributed by atoms with Crippen LogP contribution in [-0.4, -0.2) is 5.78 Å². The van der Waals surface area contributed by atoms with Gasteiger partial charge in [0.05, 0.1) is 0 Å². The molecular formula is C14H18O. The number of Topliss-reactive ketones (excluding diaryl/α,β-unsaturated/α-hetero) is 1. The molecule has 15 heavy (non-hydrogen) atoms. The van der Waals surface area contributed by atoms with Gasteiger partial charge in [0.25, 0.3) is 0 Å². The van der Waals surface area contributed by atoms with E-state index in [0.29, 0.717) is 11.8 Å². The standard InChI is InChI=1S/C14H18O/c1-9-4-5-10(2)14-8-12(11(3)15)6-7-13(9)14/h6-10H,4-5H2,1-3H3. The van der Waals surface area contributed by atoms with Gasteiger partial charge in [-0.3, -0.25) is 4.79 Å². The predicted octanol–water partition coefficient (Wildman–Crippen LogP) is 3.89. The summed E-state index contributed by atoms with van der Waals surface area (Å²) in [6.07, 6.45) is 2.52. The quantitative estimate of drug-likeness (QED) is 0.631. The van der Waals surface area contributed by atoms with Crippen LogP contribution < -0.4 is 0 Å². The molecule has 0 saturated heterocycles. The Morgan fingerprint density at radius 1 is 1.13 bits per heavy atom. The third kappa shape index (κ3) is 1.83. The van der Waals surface area contributed by atoms with Gasteiger partial charge in [0, 0.05) is 5.56 Å². The molecule has 80 valence electrons. The van der Waals surface area contributed by atoms with E-state index in [4.69, 9.17) is 0 Å². The van der Waals surface area contributed by atoms with Crippen molar-refractivity contribution >= 4 is 5.78 Å². The van der Waals surface area contributed by atoms with Crippen LogP contribution in [-0.2, 0) is 0 Å². The van der Waals surface area contributed by atoms with Crippen molar-refractivity contribution in [1.29, 1.82) is 0 Å². The van der Waals surface area contributed by atoms with Crippen molar-refractivity contribution in [3.05, 3.63) is 34.9 Å². The molecule has 1 aliphatic carbocycles. The summed E-state index contributed by atoms with van der Waals surface area (Å²) in [5, 5.41) is 0. The number of rotatable bonds is 1. The minimum Gasteiger partial charge on any atom is -0.295 e. The normalized spacial score (nSPS) is 24.7. The Balaban J connectivity index is 2.49. The van der Waals surface area contributed by atoms with E-state index in [1.807, 2.05) is 6.07 Å². The molecule has 1 aromatic carbocycles. The maximum atomic E-state index is 11.3. The number of ketones is 1. The summed E-state index contributed by atoms with van der Waals surface area (Å²) in [6, 6.07) is 6.21. The monoisotopic (exact) mass is 202 g/mol. The molecule has 0 N–H and O–H groups in total. The van der Waals surface area contributed by atoms with Crippen LogP contribution in [0.3, 0.4) is 0 Å². The highest BCUT2D eigenvalue weighted by molar-refractivity contribution is 5.94. The van der Waals surface area contributed by atoms with Gasteiger partial charge in [-0.2, -0.15) is 0 Å². The van der Waals surface area contributed by atoms with E-state index in [2.05, 4.69) is 26.0 Å². The smallest absolute Gasteiger partial charge is 0.159 e. The lowest BCUT2D eigenvalue weighted by molar-refractivity contribution is 0.101. The molecule has 0 saturated carbocycles. The fourth-order valence-electron chi connectivity index (χ4n) is 2.48. The maximum absolute atomic E-state index is 11.3. The summed E-state index contributed by atoms with van der Waals surface area (Å²) in [4.78, 5) is 11.3. The third-order valence-electron chi connectivity index (χ3n) is 3.59. The van der Waals surface area contributed by atoms with Crippen molar-refractivity contribution in [3.63, 3.8) is 0 Å². The fraction of sp³-hybridized carbons (Fsp3) is 0.500. The van der Waals surface area contributed by atoms with Crippen molar-refractivity contribution in [2.45, 2.75) is 45.4 Å². The van der Waals surface area contributed by atoms with Gasteiger partial charge in [-0.05, 0) is 48.8 Å². The van der Waals surface area contributed by atoms with Crippen LogP contribution in [0.25, 0.3) is 0 Å². The molecule has 0 fully saturated rings. The van der Waals surface area contributed by atoms with E-state index in [0.717, 1.165) is 5.56 Å². The van der Waals surface area contributed by atoms with E-state index in [-0.39, 0.29) is 5.78 Å². The number of fused-ring (bicyclic) bond motifs is 1. The van der Waals surface area contributed by atoms with E-state index in [1.54, 1.807) is 6.92 Å². The summed E-state index contributed by atoms with van der Waals surface area (Å²) >= 11 is 0. The molecule has 2 atom stereocenters. The molecule has 0 radical (unpaired) electrons. The van der Waals surface area contributed by atoms with Gasteiger partial charge < -0.3 is 0 Å². The molecule has 1 aliphatic rings. The first-order valence-corrected chi connectivity index (χ1v) is 5.74. The van der Waals surface area contributed by atoms with Crippen molar-refractivity contribution in [1.82, 2.24) is 0 Å². The molecule has 0 spiro atoms. The largest absolute Gasteiger partial charge is 0.295 e. The highest BCUT2D eigenvalue weighted by Crippen LogP contribution is 2.38. The second-order valence-electron chi connectivity index (χ2n) is 4.78. The average molecular weight is 202 g/mol. The zero-order valence-electron chi connectivity index (χ0n) is 9.71. The number of benzene rings is 1. The van der Waals surface area contributed by atoms with E-state index in [1.165, 1.54) is 24.0 Å². The second kappa shape index (κ2) is 3.80. The van der Waals surface area contributed by atoms with Crippen molar-refractivity contribution in [2.24, 2.45) is 0 Å². The zero-order valence-corrected chi connectivity index (χ0v) is 9.71. The molecular weight excluding hydrogens is 184 g/mol. The van der Waals surface area contributed by atoms with Gasteiger partial charge >= 0.3 is 0 Å². The van der Waals surface area contributed by atoms with Crippen LogP contribution in [0.2, 0.25) is 0 Å². The third-order valence-corrected chi connectivity index (χ3v) is 3.59. The zero-order chi connectivity index (χ0) is 11.0. The Hall–Kier alpha value is -1.11. The molecule has 1 nitrogen and oxygen atoms in total. The topological polar surface area (TPSA) is 17.1 Å². The highest BCUT2D eigenvalue weighted by atomic mass is 16.1. The molecule has 1 heteroatoms. The fourth-order valence-corrected chi connectivity index (χ4v) is 2.48. The van der Waals surface area contributed by atoms with Crippen molar-refractivity contribution in [3.8, 4) is 0 Å². The molecule has 2 unspecified atom stereocenters. The molecule has 0 bridgehead atoms. The van der Waals surface area contributed by atoms with Crippen LogP contribution >= 0.6 is 0 Å². The molecule has 2 rings (SSSR count). The van der Waals surface area contributed by atoms with Crippen LogP contribution in [0.15, 0.2) is 18.2 Å². The molecule has 0 aromatic heterocycles. The van der Waals surface area contributed by atoms with Gasteiger partial charge in [0.2, 0.25) is 0 Å². The second-order valence-corrected chi connectivity index (χ2v) is 4.78. The Labute approximate surface area is 91.5 Å². The van der Waals surface area contributed by atoms with Crippen LogP contribution in [0, 0.1) is 0 Å². The Bertz CT molecular complexity index is 392. The number of hydrogen-bond acceptors (Lipinski definition) is 1. The first-order chi connectivity index (χ1) is 7.09. The Morgan fingerprint density at radius 2 is 1.73 bits per heavy atom. The molecule has 1 aromatic rings. The molecule has 0 amide bonds. The van der Waals surface area contributed by atoms with Gasteiger partial charge in [-0.25, -0.2) is 0 Å². The number of hydrogen-bond donors (Lipinski definition) is 0. The van der Waals surface area contributed by atoms with E-state index in [9.17, 15) is 4.79 Å². The number of carbonyl (C=O) groups excluding carboxylic acids is 1. The molecule has 0 aliphatic heterocycles. The van der Waals surface area contributed by atoms with Gasteiger partial charge in [-0.1, -0.05) is 26.0 Å². The summed E-state index contributed by atoms with van der Waals surface area (Å²) in [5.74, 6) is 1.43. The van der Waals surface area contributed by atoms with Crippen LogP contribution in [0.1, 0.15) is 66.9 Å². The molecule has 0 heterocycles. The first kappa shape index (κ1) is 10.4. The maximum Gasteiger partial charge on any atom is 0.159 e. The average Bonchev–Trinajstić information content (AvgIpc) is 2.23. The number of carbonyl (C=O) groups is 1. The van der Waals surface area contributed by atoms with E-state index < -0.39 is 0 Å². The highest BCUT2D eigenvalue weighted by Gasteiger charge is 2.22. The van der Waals surface area contributed by atoms with Crippen LogP contribution in [0.4, 0.5) is 0 Å². The van der Waals surface area contributed by atoms with Gasteiger partial charge in [0.1, 0.15) is 0 Å². The minimum atomic E-state index is 0.170. The van der Waals surface area contributed by atoms with Gasteiger partial charge in [-0.15, -0.1) is 0 Å². The predicted molar refractivity (Wildman–Crippen MR) is 62.5 cm³/mol. The summed E-state index contributed by atoms with van der Waals surface area (Å²) in [5.41, 5.74) is 3.69.